The molecular formula is C12H21N5. The van der Waals surface area contributed by atoms with Gasteiger partial charge in [0.25, 0.3) is 0 Å². The second-order valence-electron chi connectivity index (χ2n) is 4.76. The first kappa shape index (κ1) is 12.3. The van der Waals surface area contributed by atoms with Crippen LogP contribution >= 0.6 is 0 Å². The number of nitrogens with one attached hydrogen (secondary N) is 1. The molecule has 0 radical (unpaired) electrons. The molecule has 17 heavy (non-hydrogen) atoms. The van der Waals surface area contributed by atoms with Crippen molar-refractivity contribution in [1.82, 2.24) is 20.4 Å². The summed E-state index contributed by atoms with van der Waals surface area (Å²) in [6.07, 6.45) is 11.2. The van der Waals surface area contributed by atoms with E-state index in [1.54, 1.807) is 4.68 Å². The number of nitrogens with two attached hydrogens (primary N) is 1. The van der Waals surface area contributed by atoms with Gasteiger partial charge in [-0.3, -0.25) is 16.0 Å². The first-order chi connectivity index (χ1) is 8.28. The smallest absolute Gasteiger partial charge is 0.0843 e. The van der Waals surface area contributed by atoms with Gasteiger partial charge in [0, 0.05) is 25.7 Å². The van der Waals surface area contributed by atoms with Gasteiger partial charge in [-0.15, -0.1) is 5.10 Å². The lowest BCUT2D eigenvalue weighted by molar-refractivity contribution is 0.500. The summed E-state index contributed by atoms with van der Waals surface area (Å²) < 4.78 is 1.72. The van der Waals surface area contributed by atoms with Crippen LogP contribution in [0.5, 0.6) is 0 Å². The summed E-state index contributed by atoms with van der Waals surface area (Å²) in [7, 11) is 1.88. The Balaban J connectivity index is 1.90. The number of aromatic nitrogens is 3. The van der Waals surface area contributed by atoms with Crippen molar-refractivity contribution in [3.05, 3.63) is 23.5 Å². The van der Waals surface area contributed by atoms with E-state index in [0.717, 1.165) is 18.5 Å². The van der Waals surface area contributed by atoms with Gasteiger partial charge in [0.15, 0.2) is 0 Å². The van der Waals surface area contributed by atoms with Crippen LogP contribution in [0.2, 0.25) is 0 Å². The van der Waals surface area contributed by atoms with Crippen LogP contribution in [-0.4, -0.2) is 21.0 Å². The van der Waals surface area contributed by atoms with E-state index in [4.69, 9.17) is 5.84 Å². The molecule has 1 heterocycles. The molecule has 3 N–H and O–H groups in total. The van der Waals surface area contributed by atoms with Gasteiger partial charge >= 0.3 is 0 Å². The van der Waals surface area contributed by atoms with Crippen LogP contribution < -0.4 is 11.3 Å². The highest BCUT2D eigenvalue weighted by molar-refractivity contribution is 5.08. The van der Waals surface area contributed by atoms with Gasteiger partial charge in [0.1, 0.15) is 0 Å². The van der Waals surface area contributed by atoms with Gasteiger partial charge in [-0.2, -0.15) is 0 Å². The van der Waals surface area contributed by atoms with Gasteiger partial charge in [0.2, 0.25) is 0 Å². The lowest BCUT2D eigenvalue weighted by atomic mass is 9.93. The molecule has 0 saturated carbocycles. The summed E-state index contributed by atoms with van der Waals surface area (Å²) in [5, 5.41) is 8.03. The zero-order chi connectivity index (χ0) is 12.1. The van der Waals surface area contributed by atoms with Crippen LogP contribution in [0.25, 0.3) is 0 Å². The van der Waals surface area contributed by atoms with E-state index < -0.39 is 0 Å². The van der Waals surface area contributed by atoms with Crippen molar-refractivity contribution in [2.45, 2.75) is 44.6 Å². The fourth-order valence-corrected chi connectivity index (χ4v) is 2.34. The molecular weight excluding hydrogens is 214 g/mol. The molecule has 1 aliphatic rings. The molecule has 0 fully saturated rings. The minimum Gasteiger partial charge on any atom is -0.271 e. The Labute approximate surface area is 102 Å². The highest BCUT2D eigenvalue weighted by atomic mass is 15.4. The second-order valence-corrected chi connectivity index (χ2v) is 4.76. The molecule has 0 bridgehead atoms. The number of rotatable bonds is 5. The zero-order valence-corrected chi connectivity index (χ0v) is 10.4. The highest BCUT2D eigenvalue weighted by Gasteiger charge is 2.13. The van der Waals surface area contributed by atoms with E-state index >= 15 is 0 Å². The third-order valence-corrected chi connectivity index (χ3v) is 3.23. The fraction of sp³-hybridized carbons (Fsp3) is 0.667. The molecule has 1 aromatic rings. The summed E-state index contributed by atoms with van der Waals surface area (Å²) >= 11 is 0. The molecule has 1 aliphatic carbocycles. The number of nitrogens with zero attached hydrogens (tertiary/aromatic N) is 3. The fourth-order valence-electron chi connectivity index (χ4n) is 2.34. The van der Waals surface area contributed by atoms with Crippen molar-refractivity contribution in [3.8, 4) is 0 Å². The summed E-state index contributed by atoms with van der Waals surface area (Å²) in [6.45, 7) is 0. The Morgan fingerprint density at radius 2 is 2.35 bits per heavy atom. The molecule has 1 unspecified atom stereocenters. The standard InChI is InChI=1S/C12H21N5/c1-17-9-12(15-16-17)8-11(14-13)7-10-5-3-2-4-6-10/h5,9,11,14H,2-4,6-8,13H2,1H3. The maximum atomic E-state index is 5.61. The average Bonchev–Trinajstić information content (AvgIpc) is 2.75. The molecule has 0 aromatic carbocycles. The maximum Gasteiger partial charge on any atom is 0.0843 e. The van der Waals surface area contributed by atoms with Gasteiger partial charge in [-0.1, -0.05) is 16.9 Å². The summed E-state index contributed by atoms with van der Waals surface area (Å²) in [5.41, 5.74) is 5.41. The maximum absolute atomic E-state index is 5.61. The van der Waals surface area contributed by atoms with Crippen LogP contribution in [0, 0.1) is 0 Å². The van der Waals surface area contributed by atoms with E-state index in [1.165, 1.54) is 31.3 Å². The van der Waals surface area contributed by atoms with Crippen LogP contribution in [0.3, 0.4) is 0 Å². The number of hydrogen-bond acceptors (Lipinski definition) is 4. The van der Waals surface area contributed by atoms with Crippen molar-refractivity contribution in [1.29, 1.82) is 0 Å². The minimum absolute atomic E-state index is 0.260. The van der Waals surface area contributed by atoms with Crippen molar-refractivity contribution >= 4 is 0 Å². The minimum atomic E-state index is 0.260. The molecule has 0 amide bonds. The van der Waals surface area contributed by atoms with Gasteiger partial charge in [-0.25, -0.2) is 0 Å². The monoisotopic (exact) mass is 235 g/mol. The normalized spacial score (nSPS) is 17.9. The van der Waals surface area contributed by atoms with Crippen LogP contribution in [0.4, 0.5) is 0 Å². The zero-order valence-electron chi connectivity index (χ0n) is 10.4. The SMILES string of the molecule is Cn1cc(CC(CC2=CCCCC2)NN)nn1. The second kappa shape index (κ2) is 5.93. The Bertz CT molecular complexity index is 382. The Morgan fingerprint density at radius 1 is 1.47 bits per heavy atom. The summed E-state index contributed by atoms with van der Waals surface area (Å²) in [4.78, 5) is 0. The number of aryl methyl sites for hydroxylation is 1. The number of allylic oxidation sites excluding steroid dienone is 1. The van der Waals surface area contributed by atoms with Crippen molar-refractivity contribution < 1.29 is 0 Å². The predicted octanol–water partition coefficient (Wildman–Crippen LogP) is 1.08. The van der Waals surface area contributed by atoms with Crippen molar-refractivity contribution in [2.24, 2.45) is 12.9 Å². The number of hydrazine groups is 1. The van der Waals surface area contributed by atoms with Crippen LogP contribution in [0.15, 0.2) is 17.8 Å². The van der Waals surface area contributed by atoms with E-state index in [-0.39, 0.29) is 6.04 Å². The molecule has 0 saturated heterocycles. The van der Waals surface area contributed by atoms with E-state index in [2.05, 4.69) is 21.8 Å². The third-order valence-electron chi connectivity index (χ3n) is 3.23. The molecule has 94 valence electrons. The van der Waals surface area contributed by atoms with Crippen LogP contribution in [0.1, 0.15) is 37.8 Å². The Hall–Kier alpha value is -1.20. The molecule has 5 nitrogen and oxygen atoms in total. The van der Waals surface area contributed by atoms with E-state index in [1.807, 2.05) is 13.2 Å². The van der Waals surface area contributed by atoms with E-state index in [9.17, 15) is 0 Å². The van der Waals surface area contributed by atoms with Gasteiger partial charge in [-0.05, 0) is 32.1 Å². The average molecular weight is 235 g/mol. The quantitative estimate of drug-likeness (QED) is 0.455. The van der Waals surface area contributed by atoms with Gasteiger partial charge < -0.3 is 0 Å². The lowest BCUT2D eigenvalue weighted by Gasteiger charge is -2.19. The molecule has 5 heteroatoms. The third kappa shape index (κ3) is 3.64. The van der Waals surface area contributed by atoms with Crippen LogP contribution in [-0.2, 0) is 13.5 Å². The molecule has 1 aromatic heterocycles. The highest BCUT2D eigenvalue weighted by Crippen LogP contribution is 2.22. The topological polar surface area (TPSA) is 68.8 Å². The molecule has 2 rings (SSSR count). The summed E-state index contributed by atoms with van der Waals surface area (Å²) in [5.74, 6) is 5.61. The first-order valence-electron chi connectivity index (χ1n) is 6.27. The Morgan fingerprint density at radius 3 is 2.94 bits per heavy atom. The molecule has 1 atom stereocenters. The predicted molar refractivity (Wildman–Crippen MR) is 67.0 cm³/mol. The summed E-state index contributed by atoms with van der Waals surface area (Å²) in [6, 6.07) is 0.260. The molecule has 0 spiro atoms. The first-order valence-corrected chi connectivity index (χ1v) is 6.27. The Kier molecular flexibility index (Phi) is 4.28. The number of hydrogen-bond donors (Lipinski definition) is 2. The van der Waals surface area contributed by atoms with E-state index in [0.29, 0.717) is 0 Å². The van der Waals surface area contributed by atoms with Crippen molar-refractivity contribution in [2.75, 3.05) is 0 Å². The van der Waals surface area contributed by atoms with Crippen molar-refractivity contribution in [3.63, 3.8) is 0 Å². The molecule has 0 aliphatic heterocycles. The largest absolute Gasteiger partial charge is 0.271 e. The van der Waals surface area contributed by atoms with Gasteiger partial charge in [0.05, 0.1) is 5.69 Å². The lowest BCUT2D eigenvalue weighted by Crippen LogP contribution is -2.37.